The van der Waals surface area contributed by atoms with Gasteiger partial charge in [0.05, 0.1) is 5.69 Å². The normalized spacial score (nSPS) is 10.5. The SMILES string of the molecule is CCc1sc(=N)n(C)c1-c1ccccc1. The molecule has 0 radical (unpaired) electrons. The van der Waals surface area contributed by atoms with Gasteiger partial charge in [-0.1, -0.05) is 37.3 Å². The van der Waals surface area contributed by atoms with Crippen molar-refractivity contribution < 1.29 is 0 Å². The maximum absolute atomic E-state index is 7.82. The Morgan fingerprint density at radius 3 is 2.53 bits per heavy atom. The van der Waals surface area contributed by atoms with Crippen LogP contribution in [0.3, 0.4) is 0 Å². The monoisotopic (exact) mass is 218 g/mol. The molecule has 0 amide bonds. The molecule has 78 valence electrons. The van der Waals surface area contributed by atoms with Crippen LogP contribution in [0.25, 0.3) is 11.3 Å². The summed E-state index contributed by atoms with van der Waals surface area (Å²) in [5.74, 6) is 0. The molecule has 0 saturated carbocycles. The molecule has 15 heavy (non-hydrogen) atoms. The second-order valence-corrected chi connectivity index (χ2v) is 4.54. The zero-order chi connectivity index (χ0) is 10.8. The molecular formula is C12H14N2S. The van der Waals surface area contributed by atoms with Gasteiger partial charge in [0.15, 0.2) is 4.80 Å². The summed E-state index contributed by atoms with van der Waals surface area (Å²) in [7, 11) is 1.96. The molecule has 1 aromatic carbocycles. The lowest BCUT2D eigenvalue weighted by atomic mass is 10.1. The minimum atomic E-state index is 0.616. The molecule has 0 atom stereocenters. The molecule has 0 unspecified atom stereocenters. The predicted octanol–water partition coefficient (Wildman–Crippen LogP) is 2.80. The highest BCUT2D eigenvalue weighted by Crippen LogP contribution is 2.24. The van der Waals surface area contributed by atoms with E-state index >= 15 is 0 Å². The van der Waals surface area contributed by atoms with E-state index in [0.29, 0.717) is 4.80 Å². The van der Waals surface area contributed by atoms with E-state index in [1.165, 1.54) is 16.1 Å². The molecule has 0 saturated heterocycles. The van der Waals surface area contributed by atoms with E-state index in [1.54, 1.807) is 11.3 Å². The minimum absolute atomic E-state index is 0.616. The first-order chi connectivity index (χ1) is 7.24. The largest absolute Gasteiger partial charge is 0.320 e. The van der Waals surface area contributed by atoms with Gasteiger partial charge in [0.2, 0.25) is 0 Å². The smallest absolute Gasteiger partial charge is 0.182 e. The summed E-state index contributed by atoms with van der Waals surface area (Å²) in [5, 5.41) is 7.82. The maximum Gasteiger partial charge on any atom is 0.182 e. The van der Waals surface area contributed by atoms with Crippen molar-refractivity contribution >= 4 is 11.3 Å². The van der Waals surface area contributed by atoms with Crippen molar-refractivity contribution in [1.82, 2.24) is 4.57 Å². The zero-order valence-electron chi connectivity index (χ0n) is 8.95. The molecule has 0 aliphatic heterocycles. The summed E-state index contributed by atoms with van der Waals surface area (Å²) >= 11 is 1.57. The molecule has 1 N–H and O–H groups in total. The minimum Gasteiger partial charge on any atom is -0.320 e. The summed E-state index contributed by atoms with van der Waals surface area (Å²) in [4.78, 5) is 1.90. The average molecular weight is 218 g/mol. The fraction of sp³-hybridized carbons (Fsp3) is 0.250. The Morgan fingerprint density at radius 2 is 1.93 bits per heavy atom. The number of hydrogen-bond acceptors (Lipinski definition) is 2. The zero-order valence-corrected chi connectivity index (χ0v) is 9.77. The number of benzene rings is 1. The van der Waals surface area contributed by atoms with Crippen LogP contribution < -0.4 is 4.80 Å². The van der Waals surface area contributed by atoms with Gasteiger partial charge in [-0.3, -0.25) is 5.41 Å². The summed E-state index contributed by atoms with van der Waals surface area (Å²) < 4.78 is 1.96. The van der Waals surface area contributed by atoms with Crippen LogP contribution in [-0.4, -0.2) is 4.57 Å². The van der Waals surface area contributed by atoms with Crippen molar-refractivity contribution in [3.8, 4) is 11.3 Å². The van der Waals surface area contributed by atoms with E-state index < -0.39 is 0 Å². The topological polar surface area (TPSA) is 28.8 Å². The highest BCUT2D eigenvalue weighted by molar-refractivity contribution is 7.09. The van der Waals surface area contributed by atoms with Crippen molar-refractivity contribution in [2.24, 2.45) is 7.05 Å². The average Bonchev–Trinajstić information content (AvgIpc) is 2.56. The van der Waals surface area contributed by atoms with E-state index in [1.807, 2.05) is 29.8 Å². The molecule has 2 rings (SSSR count). The lowest BCUT2D eigenvalue weighted by Crippen LogP contribution is -2.08. The Labute approximate surface area is 93.3 Å². The Bertz CT molecular complexity index is 508. The highest BCUT2D eigenvalue weighted by Gasteiger charge is 2.10. The van der Waals surface area contributed by atoms with Crippen LogP contribution >= 0.6 is 11.3 Å². The second-order valence-electron chi connectivity index (χ2n) is 3.46. The van der Waals surface area contributed by atoms with Gasteiger partial charge in [-0.15, -0.1) is 11.3 Å². The van der Waals surface area contributed by atoms with Gasteiger partial charge in [-0.25, -0.2) is 0 Å². The summed E-state index contributed by atoms with van der Waals surface area (Å²) in [5.41, 5.74) is 2.39. The Morgan fingerprint density at radius 1 is 1.27 bits per heavy atom. The van der Waals surface area contributed by atoms with Gasteiger partial charge in [-0.2, -0.15) is 0 Å². The van der Waals surface area contributed by atoms with Crippen LogP contribution in [0.1, 0.15) is 11.8 Å². The molecule has 2 nitrogen and oxygen atoms in total. The number of hydrogen-bond donors (Lipinski definition) is 1. The number of nitrogens with one attached hydrogen (secondary N) is 1. The summed E-state index contributed by atoms with van der Waals surface area (Å²) in [6, 6.07) is 10.3. The first kappa shape index (κ1) is 10.2. The molecular weight excluding hydrogens is 204 g/mol. The molecule has 0 aliphatic carbocycles. The van der Waals surface area contributed by atoms with E-state index in [2.05, 4.69) is 19.1 Å². The molecule has 1 aromatic heterocycles. The lowest BCUT2D eigenvalue weighted by Gasteiger charge is -2.04. The third kappa shape index (κ3) is 1.75. The van der Waals surface area contributed by atoms with E-state index in [4.69, 9.17) is 5.41 Å². The Kier molecular flexibility index (Phi) is 2.73. The number of nitrogens with zero attached hydrogens (tertiary/aromatic N) is 1. The van der Waals surface area contributed by atoms with Gasteiger partial charge in [0, 0.05) is 11.9 Å². The van der Waals surface area contributed by atoms with Gasteiger partial charge < -0.3 is 4.57 Å². The molecule has 3 heteroatoms. The van der Waals surface area contributed by atoms with Gasteiger partial charge >= 0.3 is 0 Å². The maximum atomic E-state index is 7.82. The van der Waals surface area contributed by atoms with Crippen molar-refractivity contribution in [2.45, 2.75) is 13.3 Å². The highest BCUT2D eigenvalue weighted by atomic mass is 32.1. The molecule has 0 fully saturated rings. The van der Waals surface area contributed by atoms with Crippen LogP contribution in [0.5, 0.6) is 0 Å². The molecule has 1 heterocycles. The molecule has 0 aliphatic rings. The van der Waals surface area contributed by atoms with Crippen molar-refractivity contribution in [2.75, 3.05) is 0 Å². The third-order valence-corrected chi connectivity index (χ3v) is 3.69. The van der Waals surface area contributed by atoms with E-state index in [0.717, 1.165) is 6.42 Å². The van der Waals surface area contributed by atoms with Gasteiger partial charge in [0.1, 0.15) is 0 Å². The van der Waals surface area contributed by atoms with Gasteiger partial charge in [0.25, 0.3) is 0 Å². The summed E-state index contributed by atoms with van der Waals surface area (Å²) in [6.07, 6.45) is 0.988. The molecule has 0 spiro atoms. The van der Waals surface area contributed by atoms with E-state index in [9.17, 15) is 0 Å². The van der Waals surface area contributed by atoms with Crippen molar-refractivity contribution in [3.63, 3.8) is 0 Å². The predicted molar refractivity (Wildman–Crippen MR) is 64.0 cm³/mol. The van der Waals surface area contributed by atoms with E-state index in [-0.39, 0.29) is 0 Å². The number of thiazole rings is 1. The first-order valence-electron chi connectivity index (χ1n) is 5.02. The lowest BCUT2D eigenvalue weighted by molar-refractivity contribution is 0.860. The number of aryl methyl sites for hydroxylation is 1. The van der Waals surface area contributed by atoms with Crippen LogP contribution in [0, 0.1) is 5.41 Å². The fourth-order valence-electron chi connectivity index (χ4n) is 1.71. The summed E-state index contributed by atoms with van der Waals surface area (Å²) in [6.45, 7) is 2.14. The first-order valence-corrected chi connectivity index (χ1v) is 5.84. The Hall–Kier alpha value is -1.35. The number of aromatic nitrogens is 1. The Balaban J connectivity index is 2.67. The van der Waals surface area contributed by atoms with Crippen molar-refractivity contribution in [1.29, 1.82) is 5.41 Å². The fourth-order valence-corrected chi connectivity index (χ4v) is 2.67. The van der Waals surface area contributed by atoms with Crippen molar-refractivity contribution in [3.05, 3.63) is 40.0 Å². The van der Waals surface area contributed by atoms with Crippen LogP contribution in [0.4, 0.5) is 0 Å². The molecule has 2 aromatic rings. The van der Waals surface area contributed by atoms with Crippen LogP contribution in [0.2, 0.25) is 0 Å². The number of rotatable bonds is 2. The standard InChI is InChI=1S/C12H14N2S/c1-3-10-11(14(2)12(13)15-10)9-7-5-4-6-8-9/h4-8,13H,3H2,1-2H3. The molecule has 0 bridgehead atoms. The quantitative estimate of drug-likeness (QED) is 0.803. The van der Waals surface area contributed by atoms with Crippen LogP contribution in [0.15, 0.2) is 30.3 Å². The second kappa shape index (κ2) is 4.03. The van der Waals surface area contributed by atoms with Crippen LogP contribution in [-0.2, 0) is 13.5 Å². The third-order valence-electron chi connectivity index (χ3n) is 2.49. The van der Waals surface area contributed by atoms with Gasteiger partial charge in [-0.05, 0) is 12.0 Å².